The molecule has 21 heavy (non-hydrogen) atoms. The van der Waals surface area contributed by atoms with Crippen LogP contribution in [0.3, 0.4) is 0 Å². The van der Waals surface area contributed by atoms with Crippen LogP contribution in [0.2, 0.25) is 0 Å². The lowest BCUT2D eigenvalue weighted by molar-refractivity contribution is -0.139. The Morgan fingerprint density at radius 1 is 1.19 bits per heavy atom. The Bertz CT molecular complexity index is 390. The summed E-state index contributed by atoms with van der Waals surface area (Å²) in [5.41, 5.74) is 4.99. The molecule has 0 aromatic rings. The molecule has 0 saturated heterocycles. The number of nitrogens with two attached hydrogens (primary N) is 1. The number of carbonyl (C=O) groups excluding carboxylic acids is 2. The van der Waals surface area contributed by atoms with Crippen LogP contribution in [0.1, 0.15) is 46.0 Å². The molecule has 7 heteroatoms. The minimum absolute atomic E-state index is 0.00441. The number of nitrogens with one attached hydrogen (secondary N) is 2. The van der Waals surface area contributed by atoms with Crippen molar-refractivity contribution in [2.24, 2.45) is 17.6 Å². The maximum atomic E-state index is 11.9. The molecule has 5 N–H and O–H groups in total. The number of aliphatic carboxylic acids is 1. The van der Waals surface area contributed by atoms with Crippen molar-refractivity contribution < 1.29 is 19.5 Å². The Balaban J connectivity index is 2.46. The number of carboxylic acids is 1. The number of urea groups is 1. The summed E-state index contributed by atoms with van der Waals surface area (Å²) in [6, 6.07) is -1.54. The first-order valence-electron chi connectivity index (χ1n) is 7.36. The van der Waals surface area contributed by atoms with Gasteiger partial charge in [0.25, 0.3) is 0 Å². The molecule has 3 amide bonds. The van der Waals surface area contributed by atoms with Crippen LogP contribution < -0.4 is 16.4 Å². The van der Waals surface area contributed by atoms with Gasteiger partial charge >= 0.3 is 12.0 Å². The molecule has 2 unspecified atom stereocenters. The van der Waals surface area contributed by atoms with E-state index in [2.05, 4.69) is 24.5 Å². The smallest absolute Gasteiger partial charge is 0.326 e. The van der Waals surface area contributed by atoms with Crippen molar-refractivity contribution in [3.8, 4) is 0 Å². The van der Waals surface area contributed by atoms with Gasteiger partial charge in [0.1, 0.15) is 6.04 Å². The van der Waals surface area contributed by atoms with E-state index in [0.29, 0.717) is 11.8 Å². The summed E-state index contributed by atoms with van der Waals surface area (Å²) in [5, 5.41) is 14.2. The molecule has 1 aliphatic rings. The van der Waals surface area contributed by atoms with Crippen molar-refractivity contribution in [1.29, 1.82) is 0 Å². The van der Waals surface area contributed by atoms with Gasteiger partial charge in [0.15, 0.2) is 0 Å². The predicted octanol–water partition coefficient (Wildman–Crippen LogP) is 0.829. The van der Waals surface area contributed by atoms with E-state index in [1.54, 1.807) is 0 Å². The van der Waals surface area contributed by atoms with E-state index in [4.69, 9.17) is 10.8 Å². The number of amides is 3. The predicted molar refractivity (Wildman–Crippen MR) is 77.5 cm³/mol. The number of hydrogen-bond donors (Lipinski definition) is 4. The molecular weight excluding hydrogens is 274 g/mol. The van der Waals surface area contributed by atoms with Crippen LogP contribution in [0.15, 0.2) is 0 Å². The maximum absolute atomic E-state index is 11.9. The minimum atomic E-state index is -1.17. The maximum Gasteiger partial charge on any atom is 0.326 e. The fraction of sp³-hybridized carbons (Fsp3) is 0.786. The molecule has 3 atom stereocenters. The normalized spacial score (nSPS) is 26.7. The third-order valence-corrected chi connectivity index (χ3v) is 3.80. The first-order chi connectivity index (χ1) is 9.77. The van der Waals surface area contributed by atoms with E-state index in [-0.39, 0.29) is 18.9 Å². The molecule has 1 aliphatic carbocycles. The molecule has 0 aliphatic heterocycles. The molecular formula is C14H25N3O4. The van der Waals surface area contributed by atoms with Crippen LogP contribution >= 0.6 is 0 Å². The third-order valence-electron chi connectivity index (χ3n) is 3.80. The quantitative estimate of drug-likeness (QED) is 0.580. The van der Waals surface area contributed by atoms with E-state index in [0.717, 1.165) is 19.3 Å². The molecule has 7 nitrogen and oxygen atoms in total. The van der Waals surface area contributed by atoms with Gasteiger partial charge in [0.05, 0.1) is 0 Å². The molecule has 0 bridgehead atoms. The van der Waals surface area contributed by atoms with Gasteiger partial charge in [-0.05, 0) is 37.5 Å². The Morgan fingerprint density at radius 3 is 2.24 bits per heavy atom. The zero-order valence-corrected chi connectivity index (χ0v) is 12.6. The zero-order chi connectivity index (χ0) is 16.0. The molecule has 0 spiro atoms. The molecule has 120 valence electrons. The van der Waals surface area contributed by atoms with Crippen molar-refractivity contribution in [2.75, 3.05) is 0 Å². The molecule has 1 fully saturated rings. The highest BCUT2D eigenvalue weighted by Crippen LogP contribution is 2.28. The summed E-state index contributed by atoms with van der Waals surface area (Å²) in [6.45, 7) is 4.30. The van der Waals surface area contributed by atoms with Gasteiger partial charge in [0.2, 0.25) is 5.91 Å². The van der Waals surface area contributed by atoms with E-state index in [1.165, 1.54) is 0 Å². The second-order valence-electron chi connectivity index (χ2n) is 6.13. The van der Waals surface area contributed by atoms with Crippen LogP contribution in [0, 0.1) is 11.8 Å². The summed E-state index contributed by atoms with van der Waals surface area (Å²) < 4.78 is 0. The summed E-state index contributed by atoms with van der Waals surface area (Å²) in [7, 11) is 0. The molecule has 1 rings (SSSR count). The van der Waals surface area contributed by atoms with Crippen LogP contribution in [0.25, 0.3) is 0 Å². The van der Waals surface area contributed by atoms with Crippen molar-refractivity contribution in [1.82, 2.24) is 10.6 Å². The number of hydrogen-bond acceptors (Lipinski definition) is 3. The Labute approximate surface area is 124 Å². The summed E-state index contributed by atoms with van der Waals surface area (Å²) in [6.07, 6.45) is 2.87. The second kappa shape index (κ2) is 7.85. The molecule has 0 aromatic heterocycles. The van der Waals surface area contributed by atoms with Gasteiger partial charge in [-0.1, -0.05) is 13.8 Å². The van der Waals surface area contributed by atoms with Gasteiger partial charge in [0, 0.05) is 12.5 Å². The number of primary amides is 1. The van der Waals surface area contributed by atoms with Crippen molar-refractivity contribution >= 4 is 17.9 Å². The lowest BCUT2D eigenvalue weighted by Crippen LogP contribution is -2.50. The monoisotopic (exact) mass is 299 g/mol. The van der Waals surface area contributed by atoms with Crippen LogP contribution in [-0.2, 0) is 9.59 Å². The average Bonchev–Trinajstić information content (AvgIpc) is 2.32. The summed E-state index contributed by atoms with van der Waals surface area (Å²) >= 11 is 0. The fourth-order valence-corrected chi connectivity index (χ4v) is 2.99. The standard InChI is InChI=1S/C14H25N3O4/c1-8-5-9(2)7-10(6-8)16-14(21)17-11(13(19)20)3-4-12(15)18/h8-11H,3-7H2,1-2H3,(H2,15,18)(H,19,20)(H2,16,17,21)/t8?,9?,10?,11-/m0/s1. The van der Waals surface area contributed by atoms with Crippen molar-refractivity contribution in [3.05, 3.63) is 0 Å². The minimum Gasteiger partial charge on any atom is -0.480 e. The lowest BCUT2D eigenvalue weighted by atomic mass is 9.80. The van der Waals surface area contributed by atoms with E-state index in [1.807, 2.05) is 0 Å². The van der Waals surface area contributed by atoms with Crippen molar-refractivity contribution in [3.63, 3.8) is 0 Å². The zero-order valence-electron chi connectivity index (χ0n) is 12.6. The van der Waals surface area contributed by atoms with Crippen LogP contribution in [-0.4, -0.2) is 35.1 Å². The van der Waals surface area contributed by atoms with Gasteiger partial charge in [-0.3, -0.25) is 4.79 Å². The second-order valence-corrected chi connectivity index (χ2v) is 6.13. The fourth-order valence-electron chi connectivity index (χ4n) is 2.99. The first-order valence-corrected chi connectivity index (χ1v) is 7.36. The molecule has 0 heterocycles. The highest BCUT2D eigenvalue weighted by molar-refractivity contribution is 5.83. The average molecular weight is 299 g/mol. The first kappa shape index (κ1) is 17.3. The molecule has 0 radical (unpaired) electrons. The van der Waals surface area contributed by atoms with E-state index < -0.39 is 23.9 Å². The SMILES string of the molecule is CC1CC(C)CC(NC(=O)N[C@@H](CCC(N)=O)C(=O)O)C1. The third kappa shape index (κ3) is 6.46. The highest BCUT2D eigenvalue weighted by atomic mass is 16.4. The number of rotatable bonds is 6. The van der Waals surface area contributed by atoms with E-state index >= 15 is 0 Å². The molecule has 1 saturated carbocycles. The van der Waals surface area contributed by atoms with Crippen LogP contribution in [0.5, 0.6) is 0 Å². The topological polar surface area (TPSA) is 122 Å². The summed E-state index contributed by atoms with van der Waals surface area (Å²) in [4.78, 5) is 33.6. The Kier molecular flexibility index (Phi) is 6.45. The largest absolute Gasteiger partial charge is 0.480 e. The lowest BCUT2D eigenvalue weighted by Gasteiger charge is -2.32. The van der Waals surface area contributed by atoms with Gasteiger partial charge in [-0.15, -0.1) is 0 Å². The molecule has 0 aromatic carbocycles. The number of carboxylic acid groups (broad SMARTS) is 1. The summed E-state index contributed by atoms with van der Waals surface area (Å²) in [5.74, 6) is -0.663. The Hall–Kier alpha value is -1.79. The van der Waals surface area contributed by atoms with Crippen molar-refractivity contribution in [2.45, 2.75) is 58.0 Å². The number of carbonyl (C=O) groups is 3. The van der Waals surface area contributed by atoms with Gasteiger partial charge in [-0.25, -0.2) is 9.59 Å². The van der Waals surface area contributed by atoms with Crippen LogP contribution in [0.4, 0.5) is 4.79 Å². The van der Waals surface area contributed by atoms with Gasteiger partial charge in [-0.2, -0.15) is 0 Å². The highest BCUT2D eigenvalue weighted by Gasteiger charge is 2.26. The van der Waals surface area contributed by atoms with Gasteiger partial charge < -0.3 is 21.5 Å². The Morgan fingerprint density at radius 2 is 1.76 bits per heavy atom. The van der Waals surface area contributed by atoms with E-state index in [9.17, 15) is 14.4 Å².